The molecule has 2 rings (SSSR count). The Kier molecular flexibility index (Phi) is 25.3. The van der Waals surface area contributed by atoms with Gasteiger partial charge >= 0.3 is 104 Å². The number of hydrogen-bond donors (Lipinski definition) is 20. The number of rotatable bonds is 29. The molecule has 20 N–H and O–H groups in total. The normalized spacial score (nSPS) is 15.3. The van der Waals surface area contributed by atoms with Gasteiger partial charge in [0.05, 0.1) is 0 Å². The Balaban J connectivity index is 4.02. The molecule has 0 amide bonds. The Morgan fingerprint density at radius 2 is 0.672 bits per heavy atom. The summed E-state index contributed by atoms with van der Waals surface area (Å²) in [7, 11) is -46.0. The molecule has 0 aliphatic carbocycles. The van der Waals surface area contributed by atoms with Gasteiger partial charge in [0.1, 0.15) is 0 Å². The van der Waals surface area contributed by atoms with Crippen molar-refractivity contribution in [2.45, 2.75) is 54.6 Å². The van der Waals surface area contributed by atoms with Gasteiger partial charge in [-0.15, -0.1) is 0 Å². The van der Waals surface area contributed by atoms with Gasteiger partial charge < -0.3 is 97.9 Å². The van der Waals surface area contributed by atoms with E-state index in [2.05, 4.69) is 13.6 Å². The van der Waals surface area contributed by atoms with Crippen LogP contribution in [0.15, 0.2) is 60.7 Å². The second-order valence-electron chi connectivity index (χ2n) is 10.7. The molecule has 30 nitrogen and oxygen atoms in total. The molecule has 2 unspecified atom stereocenters. The summed E-state index contributed by atoms with van der Waals surface area (Å²) in [4.78, 5) is 212. The predicted molar refractivity (Wildman–Crippen MR) is 208 cm³/mol. The molecule has 0 aliphatic rings. The first-order chi connectivity index (χ1) is 28.3. The van der Waals surface area contributed by atoms with Crippen LogP contribution in [0.4, 0.5) is 0 Å². The highest BCUT2D eigenvalue weighted by atomic mass is 31.2. The maximum atomic E-state index is 10.9. The molecule has 0 heterocycles. The first-order valence-electron chi connectivity index (χ1n) is 15.1. The van der Waals surface area contributed by atoms with E-state index in [0.29, 0.717) is 0 Å². The molecule has 40 heteroatoms. The zero-order valence-electron chi connectivity index (χ0n) is 29.8. The summed E-state index contributed by atoms with van der Waals surface area (Å²) in [5, 5.41) is 0. The van der Waals surface area contributed by atoms with Gasteiger partial charge in [-0.1, -0.05) is 74.0 Å². The van der Waals surface area contributed by atoms with Crippen LogP contribution >= 0.6 is 86.0 Å². The lowest BCUT2D eigenvalue weighted by molar-refractivity contribution is -0.509. The lowest BCUT2D eigenvalue weighted by Gasteiger charge is -2.62. The first kappa shape index (κ1) is 58.7. The van der Waals surface area contributed by atoms with E-state index in [9.17, 15) is 97.9 Å². The molecule has 61 heavy (non-hydrogen) atoms. The lowest BCUT2D eigenvalue weighted by Crippen LogP contribution is -2.84. The van der Waals surface area contributed by atoms with Gasteiger partial charge in [-0.25, -0.2) is 13.6 Å². The van der Waals surface area contributed by atoms with Gasteiger partial charge in [0.2, 0.25) is 0 Å². The van der Waals surface area contributed by atoms with E-state index >= 15 is 0 Å². The molecular weight excluding hydrogens is 1040 g/mol. The minimum Gasteiger partial charge on any atom is -0.328 e. The van der Waals surface area contributed by atoms with Crippen molar-refractivity contribution in [2.24, 2.45) is 0 Å². The van der Waals surface area contributed by atoms with Gasteiger partial charge in [-0.3, -0.25) is 31.7 Å². The van der Waals surface area contributed by atoms with Crippen LogP contribution in [0, 0.1) is 0 Å². The number of benzene rings is 2. The smallest absolute Gasteiger partial charge is 0.328 e. The molecular formula is C21H38O30P10. The molecule has 0 aliphatic heterocycles. The third-order valence-electron chi connectivity index (χ3n) is 7.32. The van der Waals surface area contributed by atoms with Crippen molar-refractivity contribution in [1.29, 1.82) is 0 Å². The van der Waals surface area contributed by atoms with E-state index in [1.165, 1.54) is 43.3 Å². The van der Waals surface area contributed by atoms with Crippen molar-refractivity contribution in [2.75, 3.05) is 0 Å². The van der Waals surface area contributed by atoms with E-state index in [0.717, 1.165) is 24.3 Å². The van der Waals surface area contributed by atoms with Crippen LogP contribution < -0.4 is 0 Å². The largest absolute Gasteiger partial charge is 0.367 e. The van der Waals surface area contributed by atoms with E-state index in [-0.39, 0.29) is 12.0 Å². The van der Waals surface area contributed by atoms with E-state index < -0.39 is 133 Å². The van der Waals surface area contributed by atoms with Crippen molar-refractivity contribution in [1.82, 2.24) is 0 Å². The Hall–Kier alpha value is 1.54. The molecule has 2 aromatic carbocycles. The summed E-state index contributed by atoms with van der Waals surface area (Å²) >= 11 is 0. The van der Waals surface area contributed by atoms with Crippen LogP contribution in [0.1, 0.15) is 36.8 Å². The fraction of sp³-hybridized carbons (Fsp3) is 0.429. The molecule has 2 atom stereocenters. The highest BCUT2D eigenvalue weighted by Gasteiger charge is 2.90. The highest BCUT2D eigenvalue weighted by molar-refractivity contribution is 7.42. The second kappa shape index (κ2) is 26.3. The summed E-state index contributed by atoms with van der Waals surface area (Å²) in [6.07, 6.45) is -0.697. The van der Waals surface area contributed by atoms with E-state index in [1.54, 1.807) is 0 Å². The summed E-state index contributed by atoms with van der Waals surface area (Å²) in [6.45, 7) is 1.43. The summed E-state index contributed by atoms with van der Waals surface area (Å²) in [5.41, 5.74) is -4.79. The van der Waals surface area contributed by atoms with Crippen LogP contribution in [0.3, 0.4) is 0 Å². The topological polar surface area (TPSA) is 497 Å². The highest BCUT2D eigenvalue weighted by Crippen LogP contribution is 2.74. The zero-order chi connectivity index (χ0) is 46.6. The van der Waals surface area contributed by atoms with Crippen LogP contribution in [0.5, 0.6) is 0 Å². The van der Waals surface area contributed by atoms with Crippen LogP contribution in [0.25, 0.3) is 0 Å². The minimum absolute atomic E-state index is 0.150. The molecule has 0 saturated heterocycles. The summed E-state index contributed by atoms with van der Waals surface area (Å²) < 4.78 is 50.9. The fourth-order valence-electron chi connectivity index (χ4n) is 5.87. The molecule has 0 aromatic heterocycles. The molecule has 2 aromatic rings. The molecule has 0 radical (unpaired) electrons. The van der Waals surface area contributed by atoms with Crippen LogP contribution in [-0.2, 0) is 50.8 Å². The monoisotopic (exact) mass is 1080 g/mol. The minimum atomic E-state index is -5.40. The van der Waals surface area contributed by atoms with Gasteiger partial charge in [0.15, 0.2) is 5.60 Å². The third kappa shape index (κ3) is 14.5. The Labute approximate surface area is 354 Å². The second-order valence-corrected chi connectivity index (χ2v) is 17.6. The average molecular weight is 1080 g/mol. The van der Waals surface area contributed by atoms with Gasteiger partial charge in [-0.05, 0) is 17.5 Å². The zero-order valence-corrected chi connectivity index (χ0v) is 38.7. The third-order valence-corrected chi connectivity index (χ3v) is 11.5. The van der Waals surface area contributed by atoms with E-state index in [4.69, 9.17) is 31.7 Å². The molecule has 0 saturated carbocycles. The quantitative estimate of drug-likeness (QED) is 0.0389. The Morgan fingerprint density at radius 1 is 0.377 bits per heavy atom. The number of hydrogen-bond acceptors (Lipinski definition) is 30. The maximum Gasteiger partial charge on any atom is 0.367 e. The van der Waals surface area contributed by atoms with Gasteiger partial charge in [-0.2, -0.15) is 0 Å². The fourth-order valence-corrected chi connectivity index (χ4v) is 11.1. The van der Waals surface area contributed by atoms with Crippen LogP contribution in [-0.4, -0.2) is 121 Å². The maximum absolute atomic E-state index is 10.9. The van der Waals surface area contributed by atoms with Crippen LogP contribution in [0.2, 0.25) is 0 Å². The molecule has 0 spiro atoms. The Bertz CT molecular complexity index is 1480. The molecule has 352 valence electrons. The standard InChI is InChI=1S/C21H38O30P10/c1-2-9-16(14-10-5-3-6-11-14)17(42-52(22)23,15-12-7-4-8-13-15)18(43-53(24)25,44-54(26)27)19(45-55(28)29,46-56(30)31)20(47-57(32)33,48-58(34)35)21(49-59(36)37,50-60(38)39)51-61(40)41/h3-8,10-13,16,22-41H,2,9H2,1H3. The Morgan fingerprint density at radius 3 is 0.984 bits per heavy atom. The van der Waals surface area contributed by atoms with Crippen molar-refractivity contribution >= 4 is 86.0 Å². The van der Waals surface area contributed by atoms with Gasteiger partial charge in [0, 0.05) is 5.92 Å². The predicted octanol–water partition coefficient (Wildman–Crippen LogP) is 0.490. The average Bonchev–Trinajstić information content (AvgIpc) is 3.10. The van der Waals surface area contributed by atoms with Crippen molar-refractivity contribution < 1.29 is 143 Å². The van der Waals surface area contributed by atoms with Crippen molar-refractivity contribution in [3.8, 4) is 0 Å². The van der Waals surface area contributed by atoms with Crippen molar-refractivity contribution in [3.63, 3.8) is 0 Å². The van der Waals surface area contributed by atoms with Gasteiger partial charge in [0.25, 0.3) is 5.79 Å². The SMILES string of the molecule is CCCC(c1ccccc1)C(OP(O)O)(c1ccccc1)C(OP(O)O)(OP(O)O)C(OP(O)O)(OP(O)O)C(OP(O)O)(OP(O)O)C(OP(O)O)(OP(O)O)OP(O)O. The lowest BCUT2D eigenvalue weighted by atomic mass is 9.66. The summed E-state index contributed by atoms with van der Waals surface area (Å²) in [6, 6.07) is 11.7. The van der Waals surface area contributed by atoms with E-state index in [1.807, 2.05) is 0 Å². The summed E-state index contributed by atoms with van der Waals surface area (Å²) in [5.74, 6) is -22.8. The first-order valence-corrected chi connectivity index (χ1v) is 26.8. The molecule has 0 bridgehead atoms. The molecule has 0 fully saturated rings. The van der Waals surface area contributed by atoms with Crippen molar-refractivity contribution in [3.05, 3.63) is 71.8 Å².